The van der Waals surface area contributed by atoms with Crippen LogP contribution in [0.2, 0.25) is 0 Å². The van der Waals surface area contributed by atoms with E-state index in [1.165, 1.54) is 9.80 Å². The number of amides is 3. The lowest BCUT2D eigenvalue weighted by Crippen LogP contribution is -2.74. The molecule has 5 rings (SSSR count). The SMILES string of the molecule is CN[C@@H](C)C(=O)N[C@@](C=O)(N1CC(=O)N2[C@@H](Cc3ccc4ccccc4c3)C(=O)N(C(F)Cc3ccccc3)C[C@@H]21)C(C)(C)C. The summed E-state index contributed by atoms with van der Waals surface area (Å²) < 4.78 is 16.2. The Bertz CT molecular complexity index is 1580. The van der Waals surface area contributed by atoms with E-state index in [1.807, 2.05) is 81.4 Å². The summed E-state index contributed by atoms with van der Waals surface area (Å²) in [6.07, 6.45) is -1.71. The Labute approximate surface area is 263 Å². The topological polar surface area (TPSA) is 102 Å². The highest BCUT2D eigenvalue weighted by atomic mass is 19.1. The molecule has 9 nitrogen and oxygen atoms in total. The van der Waals surface area contributed by atoms with Gasteiger partial charge in [-0.15, -0.1) is 0 Å². The third-order valence-corrected chi connectivity index (χ3v) is 9.27. The fourth-order valence-corrected chi connectivity index (χ4v) is 6.49. The molecule has 45 heavy (non-hydrogen) atoms. The van der Waals surface area contributed by atoms with Crippen LogP contribution in [0.1, 0.15) is 38.8 Å². The number of carbonyl (C=O) groups excluding carboxylic acids is 4. The maximum Gasteiger partial charge on any atom is 0.248 e. The fourth-order valence-electron chi connectivity index (χ4n) is 6.49. The van der Waals surface area contributed by atoms with Crippen molar-refractivity contribution in [2.24, 2.45) is 5.41 Å². The number of alkyl halides is 1. The zero-order valence-electron chi connectivity index (χ0n) is 26.5. The molecule has 0 saturated carbocycles. The van der Waals surface area contributed by atoms with Gasteiger partial charge in [0.2, 0.25) is 17.7 Å². The molecule has 2 heterocycles. The van der Waals surface area contributed by atoms with E-state index in [0.717, 1.165) is 21.9 Å². The first-order valence-corrected chi connectivity index (χ1v) is 15.4. The first kappa shape index (κ1) is 32.2. The van der Waals surface area contributed by atoms with Crippen LogP contribution in [0.25, 0.3) is 10.8 Å². The largest absolute Gasteiger partial charge is 0.330 e. The van der Waals surface area contributed by atoms with Gasteiger partial charge in [-0.2, -0.15) is 0 Å². The molecule has 0 aliphatic carbocycles. The van der Waals surface area contributed by atoms with Crippen LogP contribution in [0.4, 0.5) is 4.39 Å². The zero-order chi connectivity index (χ0) is 32.5. The van der Waals surface area contributed by atoms with E-state index in [1.54, 1.807) is 31.0 Å². The van der Waals surface area contributed by atoms with Gasteiger partial charge in [0, 0.05) is 18.3 Å². The van der Waals surface area contributed by atoms with Crippen LogP contribution in [0.15, 0.2) is 72.8 Å². The van der Waals surface area contributed by atoms with Gasteiger partial charge in [0.05, 0.1) is 19.1 Å². The van der Waals surface area contributed by atoms with Crippen LogP contribution in [-0.4, -0.2) is 89.1 Å². The number of piperazine rings is 1. The van der Waals surface area contributed by atoms with Crippen molar-refractivity contribution in [2.75, 3.05) is 20.1 Å². The minimum Gasteiger partial charge on any atom is -0.330 e. The summed E-state index contributed by atoms with van der Waals surface area (Å²) in [5.74, 6) is -1.27. The quantitative estimate of drug-likeness (QED) is 0.268. The Morgan fingerprint density at radius 2 is 1.67 bits per heavy atom. The zero-order valence-corrected chi connectivity index (χ0v) is 26.5. The first-order valence-electron chi connectivity index (χ1n) is 15.4. The van der Waals surface area contributed by atoms with Crippen LogP contribution in [0.3, 0.4) is 0 Å². The van der Waals surface area contributed by atoms with Crippen molar-refractivity contribution in [1.82, 2.24) is 25.3 Å². The molecule has 1 unspecified atom stereocenters. The van der Waals surface area contributed by atoms with E-state index in [4.69, 9.17) is 0 Å². The van der Waals surface area contributed by atoms with Gasteiger partial charge in [0.1, 0.15) is 12.2 Å². The van der Waals surface area contributed by atoms with E-state index >= 15 is 4.39 Å². The molecular formula is C35H42FN5O4. The lowest BCUT2D eigenvalue weighted by atomic mass is 9.79. The standard InChI is InChI=1S/C35H42FN5O4/c1-23(37-5)32(44)38-35(22-42,34(2,3)4)40-21-31(43)41-28(18-25-15-16-26-13-9-10-14-27(26)17-25)33(45)39(20-30(40)41)29(36)19-24-11-7-6-8-12-24/h6-17,22-23,28-30,37H,18-21H2,1-5H3,(H,38,44)/t23-,28-,29?,30+,35-/m0/s1. The van der Waals surface area contributed by atoms with Gasteiger partial charge in [-0.05, 0) is 35.9 Å². The van der Waals surface area contributed by atoms with Gasteiger partial charge in [-0.3, -0.25) is 19.2 Å². The molecule has 2 aliphatic heterocycles. The highest BCUT2D eigenvalue weighted by Crippen LogP contribution is 2.40. The molecule has 2 fully saturated rings. The number of hydrogen-bond donors (Lipinski definition) is 2. The van der Waals surface area contributed by atoms with Crippen molar-refractivity contribution in [3.8, 4) is 0 Å². The molecule has 2 N–H and O–H groups in total. The summed E-state index contributed by atoms with van der Waals surface area (Å²) >= 11 is 0. The Morgan fingerprint density at radius 1 is 1.00 bits per heavy atom. The minimum atomic E-state index is -1.67. The number of benzene rings is 3. The van der Waals surface area contributed by atoms with Crippen LogP contribution in [0, 0.1) is 5.41 Å². The summed E-state index contributed by atoms with van der Waals surface area (Å²) in [6.45, 7) is 6.72. The summed E-state index contributed by atoms with van der Waals surface area (Å²) in [5, 5.41) is 7.85. The van der Waals surface area contributed by atoms with Crippen molar-refractivity contribution < 1.29 is 23.6 Å². The number of nitrogens with zero attached hydrogens (tertiary/aromatic N) is 3. The third-order valence-electron chi connectivity index (χ3n) is 9.27. The second-order valence-corrected chi connectivity index (χ2v) is 13.1. The normalized spacial score (nSPS) is 21.7. The molecule has 3 aromatic rings. The molecule has 238 valence electrons. The average molecular weight is 616 g/mol. The van der Waals surface area contributed by atoms with Crippen molar-refractivity contribution in [3.05, 3.63) is 83.9 Å². The van der Waals surface area contributed by atoms with Crippen LogP contribution in [0.5, 0.6) is 0 Å². The first-order chi connectivity index (χ1) is 21.4. The van der Waals surface area contributed by atoms with E-state index in [9.17, 15) is 19.2 Å². The van der Waals surface area contributed by atoms with E-state index in [-0.39, 0.29) is 31.8 Å². The van der Waals surface area contributed by atoms with E-state index < -0.39 is 47.4 Å². The second kappa shape index (κ2) is 12.7. The number of nitrogens with one attached hydrogen (secondary N) is 2. The molecule has 0 radical (unpaired) electrons. The lowest BCUT2D eigenvalue weighted by molar-refractivity contribution is -0.167. The molecular weight excluding hydrogens is 573 g/mol. The summed E-state index contributed by atoms with van der Waals surface area (Å²) in [5.41, 5.74) is -0.954. The lowest BCUT2D eigenvalue weighted by Gasteiger charge is -2.52. The van der Waals surface area contributed by atoms with Crippen molar-refractivity contribution >= 4 is 34.8 Å². The number of halogens is 1. The monoisotopic (exact) mass is 615 g/mol. The van der Waals surface area contributed by atoms with Gasteiger partial charge in [0.15, 0.2) is 18.2 Å². The Morgan fingerprint density at radius 3 is 2.31 bits per heavy atom. The maximum absolute atomic E-state index is 16.2. The van der Waals surface area contributed by atoms with Crippen molar-refractivity contribution in [1.29, 1.82) is 0 Å². The highest BCUT2D eigenvalue weighted by molar-refractivity contribution is 5.93. The molecule has 5 atom stereocenters. The minimum absolute atomic E-state index is 0.0234. The molecule has 0 spiro atoms. The van der Waals surface area contributed by atoms with Crippen LogP contribution < -0.4 is 10.6 Å². The van der Waals surface area contributed by atoms with Gasteiger partial charge < -0.3 is 20.4 Å². The Kier molecular flexibility index (Phi) is 9.09. The number of likely N-dealkylation sites (N-methyl/N-ethyl adjacent to an activating group) is 1. The fraction of sp³-hybridized carbons (Fsp3) is 0.429. The maximum atomic E-state index is 16.2. The van der Waals surface area contributed by atoms with Gasteiger partial charge in [0.25, 0.3) is 0 Å². The number of hydrogen-bond acceptors (Lipinski definition) is 6. The summed E-state index contributed by atoms with van der Waals surface area (Å²) in [6, 6.07) is 21.2. The van der Waals surface area contributed by atoms with Gasteiger partial charge in [-0.1, -0.05) is 93.6 Å². The Hall–Kier alpha value is -4.15. The van der Waals surface area contributed by atoms with E-state index in [2.05, 4.69) is 10.6 Å². The summed E-state index contributed by atoms with van der Waals surface area (Å²) in [7, 11) is 1.64. The molecule has 0 aromatic heterocycles. The van der Waals surface area contributed by atoms with Gasteiger partial charge >= 0.3 is 0 Å². The van der Waals surface area contributed by atoms with Crippen molar-refractivity contribution in [3.63, 3.8) is 0 Å². The number of rotatable bonds is 10. The number of fused-ring (bicyclic) bond motifs is 2. The average Bonchev–Trinajstić information content (AvgIpc) is 3.36. The third kappa shape index (κ3) is 6.09. The van der Waals surface area contributed by atoms with Crippen molar-refractivity contribution in [2.45, 2.75) is 70.7 Å². The van der Waals surface area contributed by atoms with Gasteiger partial charge in [-0.25, -0.2) is 9.29 Å². The number of carbonyl (C=O) groups is 4. The molecule has 10 heteroatoms. The van der Waals surface area contributed by atoms with E-state index in [0.29, 0.717) is 6.29 Å². The summed E-state index contributed by atoms with van der Waals surface area (Å²) in [4.78, 5) is 58.8. The molecule has 0 bridgehead atoms. The van der Waals surface area contributed by atoms with Crippen LogP contribution >= 0.6 is 0 Å². The smallest absolute Gasteiger partial charge is 0.248 e. The molecule has 3 amide bonds. The highest BCUT2D eigenvalue weighted by Gasteiger charge is 2.60. The predicted molar refractivity (Wildman–Crippen MR) is 170 cm³/mol. The molecule has 2 saturated heterocycles. The molecule has 2 aliphatic rings. The Balaban J connectivity index is 1.57. The van der Waals surface area contributed by atoms with Crippen LogP contribution in [-0.2, 0) is 32.0 Å². The molecule has 3 aromatic carbocycles. The second-order valence-electron chi connectivity index (χ2n) is 13.1. The predicted octanol–water partition coefficient (Wildman–Crippen LogP) is 3.27. The number of aldehydes is 1.